The summed E-state index contributed by atoms with van der Waals surface area (Å²) in [5.74, 6) is -0.526. The lowest BCUT2D eigenvalue weighted by Gasteiger charge is -2.12. The Bertz CT molecular complexity index is 489. The summed E-state index contributed by atoms with van der Waals surface area (Å²) < 4.78 is 10.8. The largest absolute Gasteiger partial charge is 0.497 e. The summed E-state index contributed by atoms with van der Waals surface area (Å²) in [5.41, 5.74) is 0.277. The molecule has 1 aromatic rings. The number of ether oxygens (including phenoxy) is 2. The minimum absolute atomic E-state index is 0.0478. The zero-order valence-corrected chi connectivity index (χ0v) is 12.1. The first-order chi connectivity index (χ1) is 8.99. The molecule has 0 aliphatic rings. The minimum Gasteiger partial charge on any atom is -0.497 e. The quantitative estimate of drug-likeness (QED) is 0.828. The Morgan fingerprint density at radius 2 is 2.00 bits per heavy atom. The summed E-state index contributed by atoms with van der Waals surface area (Å²) in [6, 6.07) is 3.20. The van der Waals surface area contributed by atoms with Gasteiger partial charge in [-0.25, -0.2) is 0 Å². The van der Waals surface area contributed by atoms with E-state index in [9.17, 15) is 9.59 Å². The van der Waals surface area contributed by atoms with E-state index in [1.54, 1.807) is 6.07 Å². The normalized spacial score (nSPS) is 9.84. The lowest BCUT2D eigenvalue weighted by atomic mass is 10.1. The number of carboxylic acids is 1. The van der Waals surface area contributed by atoms with Crippen LogP contribution in [0.3, 0.4) is 0 Å². The SMILES string of the molecule is COc1cc(Br)c(OC)c(C(=O)NCCC(=O)O)c1. The van der Waals surface area contributed by atoms with Crippen molar-refractivity contribution in [2.24, 2.45) is 0 Å². The molecule has 0 saturated heterocycles. The highest BCUT2D eigenvalue weighted by atomic mass is 79.9. The second kappa shape index (κ2) is 6.98. The molecule has 6 nitrogen and oxygen atoms in total. The molecule has 7 heteroatoms. The summed E-state index contributed by atoms with van der Waals surface area (Å²) in [7, 11) is 2.93. The molecule has 0 aliphatic carbocycles. The second-order valence-corrected chi connectivity index (χ2v) is 4.44. The van der Waals surface area contributed by atoms with Gasteiger partial charge in [-0.3, -0.25) is 9.59 Å². The van der Waals surface area contributed by atoms with Gasteiger partial charge >= 0.3 is 5.97 Å². The summed E-state index contributed by atoms with van der Waals surface area (Å²) in [6.07, 6.45) is -0.140. The summed E-state index contributed by atoms with van der Waals surface area (Å²) in [4.78, 5) is 22.4. The van der Waals surface area contributed by atoms with Gasteiger partial charge in [0, 0.05) is 6.54 Å². The molecule has 1 amide bonds. The molecule has 0 unspecified atom stereocenters. The summed E-state index contributed by atoms with van der Waals surface area (Å²) >= 11 is 3.28. The molecule has 2 N–H and O–H groups in total. The molecule has 0 aliphatic heterocycles. The van der Waals surface area contributed by atoms with Gasteiger partial charge in [0.1, 0.15) is 11.5 Å². The number of carboxylic acid groups (broad SMARTS) is 1. The fraction of sp³-hybridized carbons (Fsp3) is 0.333. The fourth-order valence-corrected chi connectivity index (χ4v) is 2.04. The van der Waals surface area contributed by atoms with E-state index in [0.29, 0.717) is 16.0 Å². The highest BCUT2D eigenvalue weighted by Crippen LogP contribution is 2.33. The molecule has 19 heavy (non-hydrogen) atoms. The van der Waals surface area contributed by atoms with Crippen molar-refractivity contribution >= 4 is 27.8 Å². The average Bonchev–Trinajstić information content (AvgIpc) is 2.37. The molecule has 0 spiro atoms. The molecule has 104 valence electrons. The third-order valence-corrected chi connectivity index (χ3v) is 2.92. The Morgan fingerprint density at radius 1 is 1.32 bits per heavy atom. The highest BCUT2D eigenvalue weighted by Gasteiger charge is 2.17. The van der Waals surface area contributed by atoms with E-state index < -0.39 is 11.9 Å². The Labute approximate surface area is 118 Å². The predicted octanol–water partition coefficient (Wildman–Crippen LogP) is 1.67. The zero-order chi connectivity index (χ0) is 14.4. The number of benzene rings is 1. The minimum atomic E-state index is -0.973. The van der Waals surface area contributed by atoms with E-state index in [1.165, 1.54) is 20.3 Å². The van der Waals surface area contributed by atoms with Gasteiger partial charge in [0.2, 0.25) is 0 Å². The molecule has 1 rings (SSSR count). The first-order valence-corrected chi connectivity index (χ1v) is 6.20. The lowest BCUT2D eigenvalue weighted by Crippen LogP contribution is -2.26. The molecule has 0 heterocycles. The molecular formula is C12H14BrNO5. The number of carbonyl (C=O) groups excluding carboxylic acids is 1. The summed E-state index contributed by atoms with van der Waals surface area (Å²) in [5, 5.41) is 11.0. The number of nitrogens with one attached hydrogen (secondary N) is 1. The molecule has 0 fully saturated rings. The standard InChI is InChI=1S/C12H14BrNO5/c1-18-7-5-8(11(19-2)9(13)6-7)12(17)14-4-3-10(15)16/h5-6H,3-4H2,1-2H3,(H,14,17)(H,15,16). The van der Waals surface area contributed by atoms with E-state index >= 15 is 0 Å². The van der Waals surface area contributed by atoms with Crippen molar-refractivity contribution in [1.82, 2.24) is 5.32 Å². The highest BCUT2D eigenvalue weighted by molar-refractivity contribution is 9.10. The van der Waals surface area contributed by atoms with Gasteiger partial charge in [-0.2, -0.15) is 0 Å². The van der Waals surface area contributed by atoms with Gasteiger partial charge in [-0.15, -0.1) is 0 Å². The van der Waals surface area contributed by atoms with Crippen LogP contribution in [0.15, 0.2) is 16.6 Å². The third kappa shape index (κ3) is 4.13. The van der Waals surface area contributed by atoms with Crippen LogP contribution in [0.4, 0.5) is 0 Å². The van der Waals surface area contributed by atoms with Crippen LogP contribution in [-0.2, 0) is 4.79 Å². The van der Waals surface area contributed by atoms with Gasteiger partial charge in [-0.05, 0) is 28.1 Å². The zero-order valence-electron chi connectivity index (χ0n) is 10.5. The Kier molecular flexibility index (Phi) is 5.62. The van der Waals surface area contributed by atoms with Crippen LogP contribution in [0.2, 0.25) is 0 Å². The first kappa shape index (κ1) is 15.3. The Balaban J connectivity index is 2.93. The topological polar surface area (TPSA) is 84.9 Å². The Morgan fingerprint density at radius 3 is 2.53 bits per heavy atom. The molecule has 0 saturated carbocycles. The lowest BCUT2D eigenvalue weighted by molar-refractivity contribution is -0.136. The van der Waals surface area contributed by atoms with Crippen molar-refractivity contribution in [2.45, 2.75) is 6.42 Å². The summed E-state index contributed by atoms with van der Waals surface area (Å²) in [6.45, 7) is 0.0478. The van der Waals surface area contributed by atoms with E-state index in [2.05, 4.69) is 21.2 Å². The monoisotopic (exact) mass is 331 g/mol. The number of aliphatic carboxylic acids is 1. The molecular weight excluding hydrogens is 318 g/mol. The van der Waals surface area contributed by atoms with Crippen LogP contribution < -0.4 is 14.8 Å². The van der Waals surface area contributed by atoms with E-state index in [-0.39, 0.29) is 18.5 Å². The van der Waals surface area contributed by atoms with Crippen molar-refractivity contribution in [1.29, 1.82) is 0 Å². The smallest absolute Gasteiger partial charge is 0.305 e. The van der Waals surface area contributed by atoms with Crippen LogP contribution in [0.5, 0.6) is 11.5 Å². The van der Waals surface area contributed by atoms with Crippen molar-refractivity contribution in [3.8, 4) is 11.5 Å². The predicted molar refractivity (Wildman–Crippen MR) is 71.8 cm³/mol. The first-order valence-electron chi connectivity index (χ1n) is 5.41. The van der Waals surface area contributed by atoms with Gasteiger partial charge in [0.05, 0.1) is 30.7 Å². The maximum atomic E-state index is 12.0. The molecule has 0 atom stereocenters. The number of halogens is 1. The van der Waals surface area contributed by atoms with Crippen LogP contribution in [0.1, 0.15) is 16.8 Å². The number of hydrogen-bond acceptors (Lipinski definition) is 4. The number of hydrogen-bond donors (Lipinski definition) is 2. The van der Waals surface area contributed by atoms with Crippen molar-refractivity contribution in [3.63, 3.8) is 0 Å². The second-order valence-electron chi connectivity index (χ2n) is 3.59. The molecule has 0 radical (unpaired) electrons. The van der Waals surface area contributed by atoms with Crippen molar-refractivity contribution in [2.75, 3.05) is 20.8 Å². The number of rotatable bonds is 6. The number of carbonyl (C=O) groups is 2. The molecule has 0 aromatic heterocycles. The number of methoxy groups -OCH3 is 2. The van der Waals surface area contributed by atoms with Crippen LogP contribution in [-0.4, -0.2) is 37.7 Å². The Hall–Kier alpha value is -1.76. The van der Waals surface area contributed by atoms with Crippen LogP contribution >= 0.6 is 15.9 Å². The van der Waals surface area contributed by atoms with E-state index in [0.717, 1.165) is 0 Å². The van der Waals surface area contributed by atoms with Crippen molar-refractivity contribution < 1.29 is 24.2 Å². The van der Waals surface area contributed by atoms with Gasteiger partial charge in [0.25, 0.3) is 5.91 Å². The molecule has 1 aromatic carbocycles. The van der Waals surface area contributed by atoms with Gasteiger partial charge < -0.3 is 19.9 Å². The van der Waals surface area contributed by atoms with Gasteiger partial charge in [-0.1, -0.05) is 0 Å². The maximum absolute atomic E-state index is 12.0. The maximum Gasteiger partial charge on any atom is 0.305 e. The van der Waals surface area contributed by atoms with E-state index in [4.69, 9.17) is 14.6 Å². The van der Waals surface area contributed by atoms with E-state index in [1.807, 2.05) is 0 Å². The fourth-order valence-electron chi connectivity index (χ4n) is 1.44. The van der Waals surface area contributed by atoms with Crippen LogP contribution in [0, 0.1) is 0 Å². The molecule has 0 bridgehead atoms. The van der Waals surface area contributed by atoms with Crippen LogP contribution in [0.25, 0.3) is 0 Å². The average molecular weight is 332 g/mol. The van der Waals surface area contributed by atoms with Crippen molar-refractivity contribution in [3.05, 3.63) is 22.2 Å². The third-order valence-electron chi connectivity index (χ3n) is 2.33. The van der Waals surface area contributed by atoms with Gasteiger partial charge in [0.15, 0.2) is 0 Å². The number of amides is 1.